The van der Waals surface area contributed by atoms with E-state index >= 15 is 0 Å². The Hall–Kier alpha value is -2.07. The van der Waals surface area contributed by atoms with Crippen molar-refractivity contribution in [3.8, 4) is 0 Å². The van der Waals surface area contributed by atoms with E-state index in [1.54, 1.807) is 6.07 Å². The average Bonchev–Trinajstić information content (AvgIpc) is 2.75. The molecule has 166 valence electrons. The highest BCUT2D eigenvalue weighted by Gasteiger charge is 2.32. The van der Waals surface area contributed by atoms with Crippen molar-refractivity contribution in [2.24, 2.45) is 0 Å². The number of carbonyl (C=O) groups excluding carboxylic acids is 2. The van der Waals surface area contributed by atoms with Gasteiger partial charge in [-0.2, -0.15) is 0 Å². The Balaban J connectivity index is 1.40. The number of carbonyl (C=O) groups is 2. The summed E-state index contributed by atoms with van der Waals surface area (Å²) >= 11 is 0. The maximum Gasteiger partial charge on any atom is 0.254 e. The molecule has 30 heavy (non-hydrogen) atoms. The fourth-order valence-electron chi connectivity index (χ4n) is 3.79. The topological polar surface area (TPSA) is 100 Å². The van der Waals surface area contributed by atoms with Crippen LogP contribution in [0.2, 0.25) is 0 Å². The molecule has 0 spiro atoms. The van der Waals surface area contributed by atoms with Crippen LogP contribution < -0.4 is 10.6 Å². The minimum atomic E-state index is -0.585. The predicted octanol–water partition coefficient (Wildman–Crippen LogP) is 0.303. The first-order valence-corrected chi connectivity index (χ1v) is 10.5. The Labute approximate surface area is 175 Å². The molecule has 1 aromatic rings. The molecule has 2 aliphatic heterocycles. The first-order valence-electron chi connectivity index (χ1n) is 10.5. The maximum atomic E-state index is 13.8. The van der Waals surface area contributed by atoms with E-state index in [1.807, 2.05) is 0 Å². The van der Waals surface area contributed by atoms with Gasteiger partial charge in [0.25, 0.3) is 5.91 Å². The fourth-order valence-corrected chi connectivity index (χ4v) is 3.79. The summed E-state index contributed by atoms with van der Waals surface area (Å²) < 4.78 is 25.0. The zero-order chi connectivity index (χ0) is 21.3. The number of nitrogens with zero attached hydrogens (tertiary/aromatic N) is 1. The number of morpholine rings is 1. The highest BCUT2D eigenvalue weighted by Crippen LogP contribution is 2.22. The first-order chi connectivity index (χ1) is 14.6. The second-order valence-electron chi connectivity index (χ2n) is 7.64. The summed E-state index contributed by atoms with van der Waals surface area (Å²) in [6.07, 6.45) is 1.23. The number of hydrogen-bond donors (Lipinski definition) is 3. The second-order valence-corrected chi connectivity index (χ2v) is 7.64. The third-order valence-corrected chi connectivity index (χ3v) is 5.49. The van der Waals surface area contributed by atoms with Gasteiger partial charge in [0.05, 0.1) is 44.1 Å². The van der Waals surface area contributed by atoms with Crippen LogP contribution in [0.15, 0.2) is 24.3 Å². The molecule has 2 fully saturated rings. The summed E-state index contributed by atoms with van der Waals surface area (Å²) in [5, 5.41) is 15.4. The third-order valence-electron chi connectivity index (χ3n) is 5.49. The molecule has 0 radical (unpaired) electrons. The zero-order valence-corrected chi connectivity index (χ0v) is 17.0. The van der Waals surface area contributed by atoms with Crippen molar-refractivity contribution >= 4 is 11.8 Å². The second kappa shape index (κ2) is 11.4. The number of amides is 2. The standard InChI is InChI=1S/C21H30FN3O5/c22-17-4-2-1-3-16(17)21(28)24-18-6-5-15(30-19(18)14-26)7-8-23-20(27)13-25-9-11-29-12-10-25/h1-4,15,18-19,26H,5-14H2,(H,23,27)(H,24,28)/t15-,18+,19+/m1/s1. The van der Waals surface area contributed by atoms with Gasteiger partial charge in [0, 0.05) is 19.6 Å². The van der Waals surface area contributed by atoms with Crippen LogP contribution in [0.4, 0.5) is 4.39 Å². The summed E-state index contributed by atoms with van der Waals surface area (Å²) in [5.41, 5.74) is -0.0284. The van der Waals surface area contributed by atoms with Crippen LogP contribution in [-0.2, 0) is 14.3 Å². The van der Waals surface area contributed by atoms with Crippen LogP contribution in [0.25, 0.3) is 0 Å². The molecule has 2 aliphatic rings. The smallest absolute Gasteiger partial charge is 0.254 e. The first kappa shape index (κ1) is 22.6. The molecule has 2 heterocycles. The molecule has 0 aromatic heterocycles. The van der Waals surface area contributed by atoms with Crippen molar-refractivity contribution < 1.29 is 28.6 Å². The number of aliphatic hydroxyl groups excluding tert-OH is 1. The number of aliphatic hydroxyl groups is 1. The Morgan fingerprint density at radius 3 is 2.70 bits per heavy atom. The summed E-state index contributed by atoms with van der Waals surface area (Å²) in [6, 6.07) is 5.39. The molecule has 0 aliphatic carbocycles. The lowest BCUT2D eigenvalue weighted by molar-refractivity contribution is -0.123. The van der Waals surface area contributed by atoms with E-state index in [2.05, 4.69) is 15.5 Å². The molecular weight excluding hydrogens is 393 g/mol. The van der Waals surface area contributed by atoms with Crippen molar-refractivity contribution in [1.82, 2.24) is 15.5 Å². The highest BCUT2D eigenvalue weighted by molar-refractivity contribution is 5.94. The number of benzene rings is 1. The summed E-state index contributed by atoms with van der Waals surface area (Å²) in [5.74, 6) is -1.13. The fraction of sp³-hybridized carbons (Fsp3) is 0.619. The summed E-state index contributed by atoms with van der Waals surface area (Å²) in [7, 11) is 0. The number of ether oxygens (including phenoxy) is 2. The van der Waals surface area contributed by atoms with Crippen molar-refractivity contribution in [2.45, 2.75) is 37.5 Å². The van der Waals surface area contributed by atoms with E-state index in [0.29, 0.717) is 45.6 Å². The molecule has 0 bridgehead atoms. The average molecular weight is 423 g/mol. The van der Waals surface area contributed by atoms with E-state index in [-0.39, 0.29) is 24.2 Å². The molecular formula is C21H30FN3O5. The minimum absolute atomic E-state index is 0.0264. The zero-order valence-electron chi connectivity index (χ0n) is 17.0. The number of hydrogen-bond acceptors (Lipinski definition) is 6. The molecule has 9 heteroatoms. The molecule has 2 amide bonds. The van der Waals surface area contributed by atoms with Gasteiger partial charge in [0.15, 0.2) is 0 Å². The van der Waals surface area contributed by atoms with Crippen LogP contribution >= 0.6 is 0 Å². The lowest BCUT2D eigenvalue weighted by Crippen LogP contribution is -2.51. The van der Waals surface area contributed by atoms with Crippen LogP contribution in [0.5, 0.6) is 0 Å². The number of halogens is 1. The SMILES string of the molecule is O=C(CN1CCOCC1)NCC[C@H]1CC[C@H](NC(=O)c2ccccc2F)[C@H](CO)O1. The van der Waals surface area contributed by atoms with Crippen LogP contribution in [0.1, 0.15) is 29.6 Å². The lowest BCUT2D eigenvalue weighted by atomic mass is 9.96. The molecule has 3 atom stereocenters. The molecule has 8 nitrogen and oxygen atoms in total. The van der Waals surface area contributed by atoms with Crippen molar-refractivity contribution in [2.75, 3.05) is 46.0 Å². The quantitative estimate of drug-likeness (QED) is 0.556. The Morgan fingerprint density at radius 1 is 1.20 bits per heavy atom. The highest BCUT2D eigenvalue weighted by atomic mass is 19.1. The van der Waals surface area contributed by atoms with Crippen LogP contribution in [0.3, 0.4) is 0 Å². The van der Waals surface area contributed by atoms with Gasteiger partial charge >= 0.3 is 0 Å². The van der Waals surface area contributed by atoms with Gasteiger partial charge in [-0.15, -0.1) is 0 Å². The number of rotatable bonds is 8. The van der Waals surface area contributed by atoms with Crippen molar-refractivity contribution in [3.63, 3.8) is 0 Å². The largest absolute Gasteiger partial charge is 0.394 e. The molecule has 3 rings (SSSR count). The monoisotopic (exact) mass is 423 g/mol. The van der Waals surface area contributed by atoms with E-state index < -0.39 is 23.9 Å². The van der Waals surface area contributed by atoms with E-state index in [1.165, 1.54) is 18.2 Å². The van der Waals surface area contributed by atoms with Crippen molar-refractivity contribution in [1.29, 1.82) is 0 Å². The summed E-state index contributed by atoms with van der Waals surface area (Å²) in [6.45, 7) is 3.42. The van der Waals surface area contributed by atoms with Crippen LogP contribution in [0, 0.1) is 5.82 Å². The van der Waals surface area contributed by atoms with Gasteiger partial charge in [-0.25, -0.2) is 4.39 Å². The van der Waals surface area contributed by atoms with E-state index in [0.717, 1.165) is 13.1 Å². The van der Waals surface area contributed by atoms with Gasteiger partial charge in [-0.3, -0.25) is 14.5 Å². The summed E-state index contributed by atoms with van der Waals surface area (Å²) in [4.78, 5) is 26.5. The maximum absolute atomic E-state index is 13.8. The number of nitrogens with one attached hydrogen (secondary N) is 2. The van der Waals surface area contributed by atoms with Crippen LogP contribution in [-0.4, -0.2) is 86.1 Å². The normalized spacial score (nSPS) is 24.9. The van der Waals surface area contributed by atoms with Gasteiger partial charge in [-0.1, -0.05) is 12.1 Å². The molecule has 0 unspecified atom stereocenters. The third kappa shape index (κ3) is 6.46. The van der Waals surface area contributed by atoms with E-state index in [9.17, 15) is 19.1 Å². The van der Waals surface area contributed by atoms with Gasteiger partial charge < -0.3 is 25.2 Å². The van der Waals surface area contributed by atoms with E-state index in [4.69, 9.17) is 9.47 Å². The Bertz CT molecular complexity index is 714. The Kier molecular flexibility index (Phi) is 8.56. The van der Waals surface area contributed by atoms with Crippen molar-refractivity contribution in [3.05, 3.63) is 35.6 Å². The predicted molar refractivity (Wildman–Crippen MR) is 108 cm³/mol. The lowest BCUT2D eigenvalue weighted by Gasteiger charge is -2.36. The van der Waals surface area contributed by atoms with Gasteiger partial charge in [-0.05, 0) is 31.4 Å². The Morgan fingerprint density at radius 2 is 1.97 bits per heavy atom. The van der Waals surface area contributed by atoms with Gasteiger partial charge in [0.2, 0.25) is 5.91 Å². The molecule has 0 saturated carbocycles. The molecule has 2 saturated heterocycles. The van der Waals surface area contributed by atoms with Gasteiger partial charge in [0.1, 0.15) is 11.9 Å². The minimum Gasteiger partial charge on any atom is -0.394 e. The molecule has 3 N–H and O–H groups in total. The molecule has 1 aromatic carbocycles.